The molecule has 1 amide bonds. The molecule has 0 radical (unpaired) electrons. The Kier molecular flexibility index (Phi) is 5.00. The Bertz CT molecular complexity index is 804. The van der Waals surface area contributed by atoms with Gasteiger partial charge in [0, 0.05) is 23.5 Å². The maximum Gasteiger partial charge on any atom is 0.258 e. The fraction of sp³-hybridized carbons (Fsp3) is 0.188. The summed E-state index contributed by atoms with van der Waals surface area (Å²) in [4.78, 5) is 14.1. The second-order valence-electron chi connectivity index (χ2n) is 4.98. The first-order valence-corrected chi connectivity index (χ1v) is 8.84. The van der Waals surface area contributed by atoms with Crippen LogP contribution >= 0.6 is 0 Å². The smallest absolute Gasteiger partial charge is 0.258 e. The predicted molar refractivity (Wildman–Crippen MR) is 88.7 cm³/mol. The summed E-state index contributed by atoms with van der Waals surface area (Å²) < 4.78 is 37.9. The molecule has 5 nitrogen and oxygen atoms in total. The summed E-state index contributed by atoms with van der Waals surface area (Å²) >= 11 is 0. The fourth-order valence-electron chi connectivity index (χ4n) is 2.15. The molecule has 0 atom stereocenters. The number of amides is 1. The van der Waals surface area contributed by atoms with Gasteiger partial charge in [-0.1, -0.05) is 6.07 Å². The third-order valence-electron chi connectivity index (χ3n) is 3.11. The van der Waals surface area contributed by atoms with Crippen molar-refractivity contribution in [3.63, 3.8) is 0 Å². The van der Waals surface area contributed by atoms with Crippen LogP contribution in [0.1, 0.15) is 17.3 Å². The molecule has 0 saturated carbocycles. The molecule has 0 bridgehead atoms. The second kappa shape index (κ2) is 6.78. The van der Waals surface area contributed by atoms with E-state index in [9.17, 15) is 17.6 Å². The number of halogens is 1. The van der Waals surface area contributed by atoms with E-state index in [-0.39, 0.29) is 11.7 Å². The summed E-state index contributed by atoms with van der Waals surface area (Å²) in [6, 6.07) is 11.8. The van der Waals surface area contributed by atoms with Gasteiger partial charge in [0.05, 0.1) is 6.26 Å². The Hall–Kier alpha value is -2.41. The van der Waals surface area contributed by atoms with Gasteiger partial charge in [-0.25, -0.2) is 12.8 Å². The molecule has 0 aliphatic carbocycles. The first-order chi connectivity index (χ1) is 10.8. The minimum atomic E-state index is -3.42. The first-order valence-electron chi connectivity index (χ1n) is 6.95. The van der Waals surface area contributed by atoms with Crippen LogP contribution in [-0.4, -0.2) is 27.1 Å². The number of nitrogens with one attached hydrogen (secondary N) is 1. The molecule has 0 saturated heterocycles. The SMILES string of the molecule is CCN(C(=O)c1cccc(NS(C)(=O)=O)c1)c1ccc(F)cc1. The van der Waals surface area contributed by atoms with Crippen LogP contribution in [0.2, 0.25) is 0 Å². The van der Waals surface area contributed by atoms with Crippen molar-refractivity contribution < 1.29 is 17.6 Å². The van der Waals surface area contributed by atoms with E-state index in [1.165, 1.54) is 35.2 Å². The zero-order valence-electron chi connectivity index (χ0n) is 12.8. The van der Waals surface area contributed by atoms with Gasteiger partial charge < -0.3 is 4.90 Å². The average molecular weight is 336 g/mol. The van der Waals surface area contributed by atoms with Crippen molar-refractivity contribution in [3.8, 4) is 0 Å². The normalized spacial score (nSPS) is 11.1. The molecule has 0 fully saturated rings. The van der Waals surface area contributed by atoms with Crippen LogP contribution < -0.4 is 9.62 Å². The van der Waals surface area contributed by atoms with Gasteiger partial charge in [0.25, 0.3) is 5.91 Å². The summed E-state index contributed by atoms with van der Waals surface area (Å²) in [6.07, 6.45) is 1.04. The van der Waals surface area contributed by atoms with Gasteiger partial charge in [0.1, 0.15) is 5.82 Å². The van der Waals surface area contributed by atoms with Crippen molar-refractivity contribution in [2.45, 2.75) is 6.92 Å². The molecule has 0 aliphatic rings. The number of hydrogen-bond donors (Lipinski definition) is 1. The molecule has 0 unspecified atom stereocenters. The number of anilines is 2. The molecule has 2 rings (SSSR count). The number of sulfonamides is 1. The maximum atomic E-state index is 13.0. The molecule has 122 valence electrons. The van der Waals surface area contributed by atoms with Gasteiger partial charge in [-0.2, -0.15) is 0 Å². The van der Waals surface area contributed by atoms with Gasteiger partial charge in [0.15, 0.2) is 0 Å². The Morgan fingerprint density at radius 2 is 1.83 bits per heavy atom. The van der Waals surface area contributed by atoms with E-state index >= 15 is 0 Å². The van der Waals surface area contributed by atoms with Crippen molar-refractivity contribution in [3.05, 3.63) is 59.9 Å². The van der Waals surface area contributed by atoms with E-state index < -0.39 is 10.0 Å². The van der Waals surface area contributed by atoms with Crippen molar-refractivity contribution in [1.82, 2.24) is 0 Å². The molecule has 2 aromatic rings. The van der Waals surface area contributed by atoms with Crippen LogP contribution in [0.15, 0.2) is 48.5 Å². The number of carbonyl (C=O) groups excluding carboxylic acids is 1. The molecule has 0 aliphatic heterocycles. The summed E-state index contributed by atoms with van der Waals surface area (Å²) in [7, 11) is -3.42. The van der Waals surface area contributed by atoms with Crippen molar-refractivity contribution in [2.75, 3.05) is 22.4 Å². The van der Waals surface area contributed by atoms with Gasteiger partial charge >= 0.3 is 0 Å². The van der Waals surface area contributed by atoms with Gasteiger partial charge in [-0.05, 0) is 49.4 Å². The third-order valence-corrected chi connectivity index (χ3v) is 3.72. The van der Waals surface area contributed by atoms with Crippen LogP contribution in [0.25, 0.3) is 0 Å². The van der Waals surface area contributed by atoms with Gasteiger partial charge in [0.2, 0.25) is 10.0 Å². The lowest BCUT2D eigenvalue weighted by atomic mass is 10.1. The Morgan fingerprint density at radius 1 is 1.17 bits per heavy atom. The topological polar surface area (TPSA) is 66.5 Å². The van der Waals surface area contributed by atoms with Gasteiger partial charge in [-0.3, -0.25) is 9.52 Å². The van der Waals surface area contributed by atoms with Crippen LogP contribution in [0.5, 0.6) is 0 Å². The quantitative estimate of drug-likeness (QED) is 0.913. The van der Waals surface area contributed by atoms with Crippen LogP contribution in [0, 0.1) is 5.82 Å². The van der Waals surface area contributed by atoms with Crippen LogP contribution in [0.4, 0.5) is 15.8 Å². The first kappa shape index (κ1) is 17.0. The fourth-order valence-corrected chi connectivity index (χ4v) is 2.71. The number of hydrogen-bond acceptors (Lipinski definition) is 3. The molecular weight excluding hydrogens is 319 g/mol. The summed E-state index contributed by atoms with van der Waals surface area (Å²) in [5.74, 6) is -0.673. The highest BCUT2D eigenvalue weighted by Gasteiger charge is 2.17. The molecule has 2 aromatic carbocycles. The monoisotopic (exact) mass is 336 g/mol. The predicted octanol–water partition coefficient (Wildman–Crippen LogP) is 2.86. The molecular formula is C16H17FN2O3S. The number of benzene rings is 2. The zero-order chi connectivity index (χ0) is 17.0. The molecule has 0 aromatic heterocycles. The van der Waals surface area contributed by atoms with E-state index in [1.54, 1.807) is 25.1 Å². The Morgan fingerprint density at radius 3 is 2.39 bits per heavy atom. The highest BCUT2D eigenvalue weighted by Crippen LogP contribution is 2.19. The molecule has 23 heavy (non-hydrogen) atoms. The Balaban J connectivity index is 2.31. The summed E-state index contributed by atoms with van der Waals surface area (Å²) in [6.45, 7) is 2.20. The third kappa shape index (κ3) is 4.53. The van der Waals surface area contributed by atoms with Crippen LogP contribution in [-0.2, 0) is 10.0 Å². The minimum Gasteiger partial charge on any atom is -0.309 e. The number of rotatable bonds is 5. The van der Waals surface area contributed by atoms with E-state index in [1.807, 2.05) is 0 Å². The Labute approximate surface area is 134 Å². The molecule has 7 heteroatoms. The lowest BCUT2D eigenvalue weighted by Gasteiger charge is -2.21. The number of carbonyl (C=O) groups is 1. The largest absolute Gasteiger partial charge is 0.309 e. The van der Waals surface area contributed by atoms with E-state index in [2.05, 4.69) is 4.72 Å². The average Bonchev–Trinajstić information content (AvgIpc) is 2.48. The van der Waals surface area contributed by atoms with Crippen molar-refractivity contribution in [2.24, 2.45) is 0 Å². The van der Waals surface area contributed by atoms with Crippen molar-refractivity contribution >= 4 is 27.3 Å². The maximum absolute atomic E-state index is 13.0. The highest BCUT2D eigenvalue weighted by atomic mass is 32.2. The van der Waals surface area contributed by atoms with Gasteiger partial charge in [-0.15, -0.1) is 0 Å². The van der Waals surface area contributed by atoms with E-state index in [0.29, 0.717) is 23.5 Å². The van der Waals surface area contributed by atoms with Crippen molar-refractivity contribution in [1.29, 1.82) is 0 Å². The molecule has 1 N–H and O–H groups in total. The second-order valence-corrected chi connectivity index (χ2v) is 6.73. The van der Waals surface area contributed by atoms with E-state index in [4.69, 9.17) is 0 Å². The summed E-state index contributed by atoms with van der Waals surface area (Å²) in [5, 5.41) is 0. The number of nitrogens with zero attached hydrogens (tertiary/aromatic N) is 1. The lowest BCUT2D eigenvalue weighted by molar-refractivity contribution is 0.0988. The highest BCUT2D eigenvalue weighted by molar-refractivity contribution is 7.92. The minimum absolute atomic E-state index is 0.295. The lowest BCUT2D eigenvalue weighted by Crippen LogP contribution is -2.30. The van der Waals surface area contributed by atoms with E-state index in [0.717, 1.165) is 6.26 Å². The zero-order valence-corrected chi connectivity index (χ0v) is 13.6. The molecule has 0 spiro atoms. The summed E-state index contributed by atoms with van der Waals surface area (Å²) in [5.41, 5.74) is 1.22. The molecule has 0 heterocycles. The standard InChI is InChI=1S/C16H17FN2O3S/c1-3-19(15-9-7-13(17)8-10-15)16(20)12-5-4-6-14(11-12)18-23(2,21)22/h4-11,18H,3H2,1-2H3. The van der Waals surface area contributed by atoms with Crippen LogP contribution in [0.3, 0.4) is 0 Å².